The number of aromatic nitrogens is 1. The minimum atomic E-state index is -1.69. The second kappa shape index (κ2) is 6.73. The summed E-state index contributed by atoms with van der Waals surface area (Å²) in [5, 5.41) is 0.242. The Labute approximate surface area is 147 Å². The molecule has 1 atom stereocenters. The van der Waals surface area contributed by atoms with E-state index >= 15 is 0 Å². The Morgan fingerprint density at radius 1 is 1.41 bits per heavy atom. The Hall–Kier alpha value is -0.213. The minimum Gasteiger partial charge on any atom is -0.416 e. The summed E-state index contributed by atoms with van der Waals surface area (Å²) < 4.78 is 20.5. The van der Waals surface area contributed by atoms with Crippen LogP contribution in [0.3, 0.4) is 0 Å². The second-order valence-corrected chi connectivity index (χ2v) is 13.6. The summed E-state index contributed by atoms with van der Waals surface area (Å²) in [4.78, 5) is 6.22. The number of halogens is 2. The van der Waals surface area contributed by atoms with Crippen LogP contribution in [0.4, 0.5) is 10.2 Å². The average molecular weight is 436 g/mol. The van der Waals surface area contributed by atoms with Gasteiger partial charge in [0, 0.05) is 25.6 Å². The molecule has 0 N–H and O–H groups in total. The number of hydrogen-bond donors (Lipinski definition) is 0. The van der Waals surface area contributed by atoms with Crippen LogP contribution in [-0.4, -0.2) is 33.0 Å². The minimum absolute atomic E-state index is 0.242. The third kappa shape index (κ3) is 4.20. The van der Waals surface area contributed by atoms with E-state index < -0.39 is 8.32 Å². The Morgan fingerprint density at radius 3 is 2.68 bits per heavy atom. The van der Waals surface area contributed by atoms with Gasteiger partial charge in [0.15, 0.2) is 8.32 Å². The highest BCUT2D eigenvalue weighted by molar-refractivity contribution is 14.1. The summed E-state index contributed by atoms with van der Waals surface area (Å²) in [6.07, 6.45) is 1.09. The Balaban J connectivity index is 1.92. The van der Waals surface area contributed by atoms with Crippen LogP contribution in [0.25, 0.3) is 0 Å². The van der Waals surface area contributed by atoms with Crippen molar-refractivity contribution in [3.8, 4) is 0 Å². The molecular weight excluding hydrogens is 410 g/mol. The molecule has 0 bridgehead atoms. The first-order valence-corrected chi connectivity index (χ1v) is 11.8. The van der Waals surface area contributed by atoms with Crippen molar-refractivity contribution in [3.05, 3.63) is 21.7 Å². The van der Waals surface area contributed by atoms with Gasteiger partial charge >= 0.3 is 0 Å². The first-order chi connectivity index (χ1) is 10.1. The number of nitrogens with zero attached hydrogens (tertiary/aromatic N) is 2. The van der Waals surface area contributed by atoms with E-state index in [9.17, 15) is 4.39 Å². The predicted molar refractivity (Wildman–Crippen MR) is 100 cm³/mol. The van der Waals surface area contributed by atoms with Crippen molar-refractivity contribution in [1.82, 2.24) is 4.98 Å². The standard InChI is InChI=1S/C16H26FIN2OSi/c1-16(2,3)22(4,5)21-11-12-8-9-20(10-12)14-7-6-13(18)15(17)19-14/h6-7,12H,8-11H2,1-5H3/t12-/m0/s1. The maximum atomic E-state index is 13.6. The quantitative estimate of drug-likeness (QED) is 0.390. The van der Waals surface area contributed by atoms with E-state index in [0.29, 0.717) is 9.49 Å². The van der Waals surface area contributed by atoms with E-state index in [1.165, 1.54) is 0 Å². The van der Waals surface area contributed by atoms with Crippen molar-refractivity contribution < 1.29 is 8.82 Å². The SMILES string of the molecule is CC(C)(C)[Si](C)(C)OC[C@H]1CCN(c2ccc(I)c(F)n2)C1. The Morgan fingerprint density at radius 2 is 2.09 bits per heavy atom. The first-order valence-electron chi connectivity index (χ1n) is 7.81. The largest absolute Gasteiger partial charge is 0.416 e. The van der Waals surface area contributed by atoms with Gasteiger partial charge in [-0.2, -0.15) is 4.39 Å². The van der Waals surface area contributed by atoms with Gasteiger partial charge < -0.3 is 9.33 Å². The molecule has 1 aromatic heterocycles. The predicted octanol–water partition coefficient (Wildman–Crippen LogP) is 4.67. The molecule has 1 aromatic rings. The fraction of sp³-hybridized carbons (Fsp3) is 0.688. The summed E-state index contributed by atoms with van der Waals surface area (Å²) in [6.45, 7) is 14.0. The zero-order valence-electron chi connectivity index (χ0n) is 14.1. The van der Waals surface area contributed by atoms with Crippen LogP contribution in [0, 0.1) is 15.4 Å². The first kappa shape index (κ1) is 18.1. The van der Waals surface area contributed by atoms with Gasteiger partial charge in [-0.15, -0.1) is 0 Å². The highest BCUT2D eigenvalue weighted by atomic mass is 127. The molecule has 0 aliphatic carbocycles. The van der Waals surface area contributed by atoms with Gasteiger partial charge in [-0.25, -0.2) is 4.98 Å². The lowest BCUT2D eigenvalue weighted by atomic mass is 10.1. The molecule has 0 radical (unpaired) electrons. The van der Waals surface area contributed by atoms with Crippen molar-refractivity contribution in [1.29, 1.82) is 0 Å². The van der Waals surface area contributed by atoms with Crippen LogP contribution in [-0.2, 0) is 4.43 Å². The normalized spacial score (nSPS) is 19.8. The molecule has 1 aliphatic rings. The van der Waals surface area contributed by atoms with Gasteiger partial charge in [0.1, 0.15) is 5.82 Å². The lowest BCUT2D eigenvalue weighted by Crippen LogP contribution is -2.42. The number of hydrogen-bond acceptors (Lipinski definition) is 3. The van der Waals surface area contributed by atoms with Crippen LogP contribution < -0.4 is 4.90 Å². The van der Waals surface area contributed by atoms with Crippen LogP contribution in [0.2, 0.25) is 18.1 Å². The van der Waals surface area contributed by atoms with Crippen molar-refractivity contribution in [2.45, 2.75) is 45.3 Å². The van der Waals surface area contributed by atoms with E-state index in [2.05, 4.69) is 43.7 Å². The fourth-order valence-electron chi connectivity index (χ4n) is 2.30. The van der Waals surface area contributed by atoms with Crippen molar-refractivity contribution in [3.63, 3.8) is 0 Å². The topological polar surface area (TPSA) is 25.4 Å². The smallest absolute Gasteiger partial charge is 0.228 e. The monoisotopic (exact) mass is 436 g/mol. The molecule has 6 heteroatoms. The lowest BCUT2D eigenvalue weighted by Gasteiger charge is -2.37. The van der Waals surface area contributed by atoms with Crippen molar-refractivity contribution >= 4 is 36.7 Å². The zero-order valence-corrected chi connectivity index (χ0v) is 17.3. The summed E-state index contributed by atoms with van der Waals surface area (Å²) in [5.41, 5.74) is 0. The number of rotatable bonds is 4. The van der Waals surface area contributed by atoms with E-state index in [1.807, 2.05) is 28.7 Å². The van der Waals surface area contributed by atoms with Crippen LogP contribution in [0.5, 0.6) is 0 Å². The van der Waals surface area contributed by atoms with Crippen molar-refractivity contribution in [2.75, 3.05) is 24.6 Å². The number of anilines is 1. The Bertz CT molecular complexity index is 533. The fourth-order valence-corrected chi connectivity index (χ4v) is 3.69. The second-order valence-electron chi connectivity index (χ2n) is 7.61. The maximum Gasteiger partial charge on any atom is 0.228 e. The van der Waals surface area contributed by atoms with E-state index in [4.69, 9.17) is 4.43 Å². The average Bonchev–Trinajstić information content (AvgIpc) is 2.87. The molecule has 0 amide bonds. The zero-order chi connectivity index (χ0) is 16.5. The maximum absolute atomic E-state index is 13.6. The molecule has 0 unspecified atom stereocenters. The van der Waals surface area contributed by atoms with Crippen LogP contribution in [0.1, 0.15) is 27.2 Å². The molecule has 124 valence electrons. The molecule has 3 nitrogen and oxygen atoms in total. The summed E-state index contributed by atoms with van der Waals surface area (Å²) in [6, 6.07) is 3.69. The molecular formula is C16H26FIN2OSi. The van der Waals surface area contributed by atoms with Gasteiger partial charge in [0.2, 0.25) is 5.95 Å². The molecule has 0 saturated carbocycles. The van der Waals surface area contributed by atoms with Crippen molar-refractivity contribution in [2.24, 2.45) is 5.92 Å². The summed E-state index contributed by atoms with van der Waals surface area (Å²) in [5.74, 6) is 0.880. The molecule has 1 saturated heterocycles. The molecule has 1 aliphatic heterocycles. The molecule has 2 rings (SSSR count). The molecule has 2 heterocycles. The molecule has 1 fully saturated rings. The van der Waals surface area contributed by atoms with Gasteiger partial charge in [-0.3, -0.25) is 0 Å². The number of pyridine rings is 1. The highest BCUT2D eigenvalue weighted by Gasteiger charge is 2.38. The highest BCUT2D eigenvalue weighted by Crippen LogP contribution is 2.37. The summed E-state index contributed by atoms with van der Waals surface area (Å²) in [7, 11) is -1.69. The molecule has 0 spiro atoms. The van der Waals surface area contributed by atoms with Gasteiger partial charge in [-0.05, 0) is 59.3 Å². The third-order valence-electron chi connectivity index (χ3n) is 4.88. The lowest BCUT2D eigenvalue weighted by molar-refractivity contribution is 0.238. The van der Waals surface area contributed by atoms with Crippen LogP contribution >= 0.6 is 22.6 Å². The Kier molecular flexibility index (Phi) is 5.54. The van der Waals surface area contributed by atoms with E-state index in [0.717, 1.165) is 31.9 Å². The van der Waals surface area contributed by atoms with Gasteiger partial charge in [-0.1, -0.05) is 20.8 Å². The molecule has 0 aromatic carbocycles. The molecule has 22 heavy (non-hydrogen) atoms. The summed E-state index contributed by atoms with van der Waals surface area (Å²) >= 11 is 1.97. The van der Waals surface area contributed by atoms with E-state index in [-0.39, 0.29) is 11.0 Å². The van der Waals surface area contributed by atoms with E-state index in [1.54, 1.807) is 6.07 Å². The van der Waals surface area contributed by atoms with Gasteiger partial charge in [0.25, 0.3) is 0 Å². The van der Waals surface area contributed by atoms with Gasteiger partial charge in [0.05, 0.1) is 3.57 Å². The third-order valence-corrected chi connectivity index (χ3v) is 10.2. The van der Waals surface area contributed by atoms with Crippen LogP contribution in [0.15, 0.2) is 12.1 Å².